The monoisotopic (exact) mass is 370 g/mol. The van der Waals surface area contributed by atoms with Gasteiger partial charge in [0.1, 0.15) is 0 Å². The van der Waals surface area contributed by atoms with Crippen molar-refractivity contribution in [2.45, 2.75) is 38.8 Å². The molecule has 2 N–H and O–H groups in total. The lowest BCUT2D eigenvalue weighted by Gasteiger charge is -2.17. The average Bonchev–Trinajstić information content (AvgIpc) is 3.01. The Morgan fingerprint density at radius 2 is 2.04 bits per heavy atom. The van der Waals surface area contributed by atoms with Gasteiger partial charge in [0.25, 0.3) is 0 Å². The molecule has 8 heteroatoms. The lowest BCUT2D eigenvalue weighted by molar-refractivity contribution is -0.132. The van der Waals surface area contributed by atoms with E-state index in [0.717, 1.165) is 12.1 Å². The van der Waals surface area contributed by atoms with E-state index in [4.69, 9.17) is 0 Å². The largest absolute Gasteiger partial charge is 0.390 e. The van der Waals surface area contributed by atoms with E-state index in [9.17, 15) is 18.0 Å². The Morgan fingerprint density at radius 1 is 1.27 bits per heavy atom. The molecule has 2 rings (SSSR count). The molecule has 1 aliphatic rings. The maximum absolute atomic E-state index is 12.4. The number of hydrogen-bond acceptors (Lipinski definition) is 2. The summed E-state index contributed by atoms with van der Waals surface area (Å²) in [5, 5.41) is 5.56. The van der Waals surface area contributed by atoms with Crippen molar-refractivity contribution in [2.75, 3.05) is 31.1 Å². The van der Waals surface area contributed by atoms with Crippen molar-refractivity contribution in [2.24, 2.45) is 4.99 Å². The number of nitrogens with one attached hydrogen (secondary N) is 2. The zero-order valence-electron chi connectivity index (χ0n) is 14.9. The van der Waals surface area contributed by atoms with E-state index < -0.39 is 12.6 Å². The number of guanidine groups is 1. The van der Waals surface area contributed by atoms with Crippen molar-refractivity contribution in [1.29, 1.82) is 0 Å². The average molecular weight is 370 g/mol. The number of para-hydroxylation sites is 1. The van der Waals surface area contributed by atoms with Gasteiger partial charge in [-0.15, -0.1) is 0 Å². The summed E-state index contributed by atoms with van der Waals surface area (Å²) in [5.74, 6) is 0.399. The minimum absolute atomic E-state index is 0.0557. The molecule has 0 atom stereocenters. The topological polar surface area (TPSA) is 56.7 Å². The number of halogens is 3. The predicted octanol–water partition coefficient (Wildman–Crippen LogP) is 2.86. The van der Waals surface area contributed by atoms with Gasteiger partial charge in [0.15, 0.2) is 5.96 Å². The number of hydrogen-bond donors (Lipinski definition) is 2. The Bertz CT molecular complexity index is 631. The first-order valence-corrected chi connectivity index (χ1v) is 8.88. The van der Waals surface area contributed by atoms with Crippen LogP contribution in [0.4, 0.5) is 18.9 Å². The number of carbonyl (C=O) groups excluding carboxylic acids is 1. The van der Waals surface area contributed by atoms with Gasteiger partial charge in [-0.2, -0.15) is 13.2 Å². The fourth-order valence-corrected chi connectivity index (χ4v) is 2.82. The Morgan fingerprint density at radius 3 is 2.77 bits per heavy atom. The zero-order chi connectivity index (χ0) is 19.0. The van der Waals surface area contributed by atoms with Gasteiger partial charge < -0.3 is 15.5 Å². The molecule has 0 bridgehead atoms. The Labute approximate surface area is 151 Å². The molecule has 0 spiro atoms. The van der Waals surface area contributed by atoms with Gasteiger partial charge in [-0.25, -0.2) is 0 Å². The molecule has 1 aromatic carbocycles. The quantitative estimate of drug-likeness (QED) is 0.441. The second kappa shape index (κ2) is 9.45. The number of alkyl halides is 3. The highest BCUT2D eigenvalue weighted by Gasteiger charge is 2.26. The van der Waals surface area contributed by atoms with Crippen LogP contribution in [0, 0.1) is 0 Å². The highest BCUT2D eigenvalue weighted by Crippen LogP contribution is 2.28. The predicted molar refractivity (Wildman–Crippen MR) is 96.4 cm³/mol. The van der Waals surface area contributed by atoms with Crippen LogP contribution < -0.4 is 15.5 Å². The van der Waals surface area contributed by atoms with Crippen LogP contribution in [0.3, 0.4) is 0 Å². The summed E-state index contributed by atoms with van der Waals surface area (Å²) in [5.41, 5.74) is 2.16. The van der Waals surface area contributed by atoms with Crippen LogP contribution in [0.25, 0.3) is 0 Å². The molecule has 1 aliphatic heterocycles. The molecule has 0 aliphatic carbocycles. The molecule has 0 unspecified atom stereocenters. The fraction of sp³-hybridized carbons (Fsp3) is 0.556. The second-order valence-electron chi connectivity index (χ2n) is 6.08. The third kappa shape index (κ3) is 6.24. The van der Waals surface area contributed by atoms with Crippen molar-refractivity contribution >= 4 is 17.6 Å². The fourth-order valence-electron chi connectivity index (χ4n) is 2.82. The molecule has 1 heterocycles. The van der Waals surface area contributed by atoms with Crippen LogP contribution in [0.5, 0.6) is 0 Å². The standard InChI is InChI=1S/C18H25F3N4O/c1-2-22-17(24-12-10-18(19,20)21)23-11-5-8-16(26)25-13-9-14-6-3-4-7-15(14)25/h3-4,6-7H,2,5,8-13H2,1H3,(H2,22,23,24). The lowest BCUT2D eigenvalue weighted by atomic mass is 10.2. The van der Waals surface area contributed by atoms with Crippen molar-refractivity contribution in [3.63, 3.8) is 0 Å². The van der Waals surface area contributed by atoms with E-state index in [-0.39, 0.29) is 12.5 Å². The maximum Gasteiger partial charge on any atom is 0.390 e. The summed E-state index contributed by atoms with van der Waals surface area (Å²) in [4.78, 5) is 18.4. The summed E-state index contributed by atoms with van der Waals surface area (Å²) >= 11 is 0. The SMILES string of the molecule is CCNC(=NCCCC(=O)N1CCc2ccccc21)NCCC(F)(F)F. The zero-order valence-corrected chi connectivity index (χ0v) is 14.9. The van der Waals surface area contributed by atoms with Gasteiger partial charge in [0, 0.05) is 38.3 Å². The third-order valence-electron chi connectivity index (χ3n) is 4.05. The van der Waals surface area contributed by atoms with Crippen LogP contribution in [-0.4, -0.2) is 44.2 Å². The smallest absolute Gasteiger partial charge is 0.357 e. The summed E-state index contributed by atoms with van der Waals surface area (Å²) in [6, 6.07) is 7.87. The van der Waals surface area contributed by atoms with E-state index in [1.807, 2.05) is 31.2 Å². The maximum atomic E-state index is 12.4. The van der Waals surface area contributed by atoms with Gasteiger partial charge in [0.05, 0.1) is 6.42 Å². The molecule has 1 aromatic rings. The molecule has 0 saturated heterocycles. The summed E-state index contributed by atoms with van der Waals surface area (Å²) in [7, 11) is 0. The van der Waals surface area contributed by atoms with Crippen LogP contribution in [0.1, 0.15) is 31.7 Å². The Kier molecular flexibility index (Phi) is 7.29. The summed E-state index contributed by atoms with van der Waals surface area (Å²) < 4.78 is 36.6. The van der Waals surface area contributed by atoms with Crippen molar-refractivity contribution < 1.29 is 18.0 Å². The molecule has 0 radical (unpaired) electrons. The number of fused-ring (bicyclic) bond motifs is 1. The van der Waals surface area contributed by atoms with E-state index in [0.29, 0.717) is 38.4 Å². The Hall–Kier alpha value is -2.25. The van der Waals surface area contributed by atoms with Crippen molar-refractivity contribution in [1.82, 2.24) is 10.6 Å². The molecule has 144 valence electrons. The molecular weight excluding hydrogens is 345 g/mol. The molecule has 5 nitrogen and oxygen atoms in total. The van der Waals surface area contributed by atoms with Crippen LogP contribution in [-0.2, 0) is 11.2 Å². The second-order valence-corrected chi connectivity index (χ2v) is 6.08. The van der Waals surface area contributed by atoms with E-state index in [2.05, 4.69) is 15.6 Å². The number of nitrogens with zero attached hydrogens (tertiary/aromatic N) is 2. The number of aliphatic imine (C=N–C) groups is 1. The number of anilines is 1. The minimum Gasteiger partial charge on any atom is -0.357 e. The van der Waals surface area contributed by atoms with E-state index >= 15 is 0 Å². The van der Waals surface area contributed by atoms with Gasteiger partial charge >= 0.3 is 6.18 Å². The highest BCUT2D eigenvalue weighted by molar-refractivity contribution is 5.95. The normalized spacial score (nSPS) is 14.3. The number of carbonyl (C=O) groups is 1. The molecule has 1 amide bonds. The molecule has 0 fully saturated rings. The highest BCUT2D eigenvalue weighted by atomic mass is 19.4. The van der Waals surface area contributed by atoms with E-state index in [1.165, 1.54) is 5.56 Å². The Balaban J connectivity index is 1.76. The van der Waals surface area contributed by atoms with Crippen molar-refractivity contribution in [3.05, 3.63) is 29.8 Å². The molecule has 0 aromatic heterocycles. The van der Waals surface area contributed by atoms with Gasteiger partial charge in [0.2, 0.25) is 5.91 Å². The van der Waals surface area contributed by atoms with Crippen LogP contribution in [0.2, 0.25) is 0 Å². The van der Waals surface area contributed by atoms with Crippen LogP contribution >= 0.6 is 0 Å². The van der Waals surface area contributed by atoms with E-state index in [1.54, 1.807) is 4.90 Å². The first-order chi connectivity index (χ1) is 12.4. The third-order valence-corrected chi connectivity index (χ3v) is 4.05. The molecular formula is C18H25F3N4O. The van der Waals surface area contributed by atoms with Gasteiger partial charge in [-0.1, -0.05) is 18.2 Å². The minimum atomic E-state index is -4.19. The molecule has 26 heavy (non-hydrogen) atoms. The summed E-state index contributed by atoms with van der Waals surface area (Å²) in [6.07, 6.45) is -3.33. The van der Waals surface area contributed by atoms with Crippen LogP contribution in [0.15, 0.2) is 29.3 Å². The lowest BCUT2D eigenvalue weighted by Crippen LogP contribution is -2.39. The first-order valence-electron chi connectivity index (χ1n) is 8.88. The molecule has 0 saturated carbocycles. The summed E-state index contributed by atoms with van der Waals surface area (Å²) in [6.45, 7) is 3.25. The van der Waals surface area contributed by atoms with Crippen molar-refractivity contribution in [3.8, 4) is 0 Å². The number of amides is 1. The van der Waals surface area contributed by atoms with Gasteiger partial charge in [-0.05, 0) is 31.4 Å². The first kappa shape index (κ1) is 20.1. The number of benzene rings is 1. The van der Waals surface area contributed by atoms with Gasteiger partial charge in [-0.3, -0.25) is 9.79 Å². The number of rotatable bonds is 7.